The lowest BCUT2D eigenvalue weighted by atomic mass is 9.86. The van der Waals surface area contributed by atoms with Crippen LogP contribution in [0.15, 0.2) is 31.0 Å². The predicted molar refractivity (Wildman–Crippen MR) is 109 cm³/mol. The van der Waals surface area contributed by atoms with Gasteiger partial charge in [0, 0.05) is 19.3 Å². The quantitative estimate of drug-likeness (QED) is 0.683. The van der Waals surface area contributed by atoms with Crippen LogP contribution in [0.1, 0.15) is 24.0 Å². The maximum Gasteiger partial charge on any atom is 0.251 e. The summed E-state index contributed by atoms with van der Waals surface area (Å²) in [6.45, 7) is 3.39. The average Bonchev–Trinajstić information content (AvgIpc) is 3.58. The van der Waals surface area contributed by atoms with Gasteiger partial charge in [0.1, 0.15) is 11.5 Å². The van der Waals surface area contributed by atoms with Crippen molar-refractivity contribution in [3.05, 3.63) is 53.7 Å². The van der Waals surface area contributed by atoms with Crippen molar-refractivity contribution < 1.29 is 27.8 Å². The lowest BCUT2D eigenvalue weighted by molar-refractivity contribution is -0.121. The Morgan fingerprint density at radius 3 is 2.35 bits per heavy atom. The normalized spacial score (nSPS) is 16.0. The van der Waals surface area contributed by atoms with Gasteiger partial charge in [0.2, 0.25) is 5.91 Å². The van der Waals surface area contributed by atoms with Gasteiger partial charge in [-0.15, -0.1) is 0 Å². The molecule has 0 bridgehead atoms. The molecule has 1 aliphatic carbocycles. The van der Waals surface area contributed by atoms with Gasteiger partial charge in [-0.3, -0.25) is 14.5 Å². The number of amides is 2. The van der Waals surface area contributed by atoms with Crippen LogP contribution < -0.4 is 19.3 Å². The summed E-state index contributed by atoms with van der Waals surface area (Å²) in [5, 5.41) is 0. The third-order valence-electron chi connectivity index (χ3n) is 5.89. The van der Waals surface area contributed by atoms with Gasteiger partial charge in [0.05, 0.1) is 26.2 Å². The standard InChI is InChI=1S/C22H21F2N3O4/c1-5-17(28)26(2)16-8-13-12(10-25-16)11-27(21(29)22(13)6-7-22)20-18(23)14(30-3)9-15(31-4)19(20)24/h5,8-10H,1,6-7,11H2,2-4H3. The fraction of sp³-hybridized carbons (Fsp3) is 0.318. The number of carbonyl (C=O) groups is 2. The fourth-order valence-electron chi connectivity index (χ4n) is 3.99. The molecule has 1 aromatic carbocycles. The zero-order valence-electron chi connectivity index (χ0n) is 17.4. The minimum absolute atomic E-state index is 0.0769. The highest BCUT2D eigenvalue weighted by molar-refractivity contribution is 6.06. The summed E-state index contributed by atoms with van der Waals surface area (Å²) in [4.78, 5) is 32.1. The van der Waals surface area contributed by atoms with E-state index in [1.54, 1.807) is 13.1 Å². The van der Waals surface area contributed by atoms with Gasteiger partial charge in [-0.05, 0) is 36.1 Å². The van der Waals surface area contributed by atoms with Crippen molar-refractivity contribution in [2.45, 2.75) is 24.8 Å². The number of methoxy groups -OCH3 is 2. The Labute approximate surface area is 177 Å². The van der Waals surface area contributed by atoms with E-state index in [0.29, 0.717) is 24.2 Å². The molecular formula is C22H21F2N3O4. The maximum absolute atomic E-state index is 15.1. The molecule has 9 heteroatoms. The molecule has 2 aliphatic rings. The third kappa shape index (κ3) is 3.03. The number of rotatable bonds is 5. The molecule has 0 unspecified atom stereocenters. The first-order chi connectivity index (χ1) is 14.8. The van der Waals surface area contributed by atoms with Crippen molar-refractivity contribution in [3.8, 4) is 11.5 Å². The summed E-state index contributed by atoms with van der Waals surface area (Å²) in [5.41, 5.74) is -0.0430. The van der Waals surface area contributed by atoms with E-state index in [9.17, 15) is 9.59 Å². The highest BCUT2D eigenvalue weighted by Gasteiger charge is 2.57. The molecule has 1 aromatic heterocycles. The molecule has 0 atom stereocenters. The van der Waals surface area contributed by atoms with Crippen LogP contribution in [0.2, 0.25) is 0 Å². The molecule has 0 saturated heterocycles. The Morgan fingerprint density at radius 2 is 1.84 bits per heavy atom. The Hall–Kier alpha value is -3.49. The monoisotopic (exact) mass is 429 g/mol. The summed E-state index contributed by atoms with van der Waals surface area (Å²) in [6, 6.07) is 2.79. The average molecular weight is 429 g/mol. The Balaban J connectivity index is 1.83. The molecule has 0 N–H and O–H groups in total. The van der Waals surface area contributed by atoms with E-state index < -0.39 is 28.6 Å². The highest BCUT2D eigenvalue weighted by atomic mass is 19.1. The van der Waals surface area contributed by atoms with Crippen molar-refractivity contribution in [1.29, 1.82) is 0 Å². The van der Waals surface area contributed by atoms with Crippen LogP contribution >= 0.6 is 0 Å². The second-order valence-electron chi connectivity index (χ2n) is 7.53. The largest absolute Gasteiger partial charge is 0.493 e. The van der Waals surface area contributed by atoms with Crippen LogP contribution in [-0.4, -0.2) is 38.1 Å². The van der Waals surface area contributed by atoms with Crippen LogP contribution in [0.3, 0.4) is 0 Å². The molecule has 1 saturated carbocycles. The molecule has 2 heterocycles. The van der Waals surface area contributed by atoms with E-state index in [4.69, 9.17) is 9.47 Å². The molecular weight excluding hydrogens is 408 g/mol. The summed E-state index contributed by atoms with van der Waals surface area (Å²) >= 11 is 0. The summed E-state index contributed by atoms with van der Waals surface area (Å²) in [7, 11) is 4.06. The molecule has 2 aromatic rings. The molecule has 31 heavy (non-hydrogen) atoms. The maximum atomic E-state index is 15.1. The minimum atomic E-state index is -0.978. The van der Waals surface area contributed by atoms with E-state index in [2.05, 4.69) is 11.6 Å². The molecule has 4 rings (SSSR count). The number of pyridine rings is 1. The number of likely N-dealkylation sites (N-methyl/N-ethyl adjacent to an activating group) is 1. The number of aromatic nitrogens is 1. The molecule has 0 radical (unpaired) electrons. The lowest BCUT2D eigenvalue weighted by Gasteiger charge is -2.35. The zero-order valence-corrected chi connectivity index (χ0v) is 17.4. The molecule has 1 aliphatic heterocycles. The van der Waals surface area contributed by atoms with Crippen LogP contribution in [0.25, 0.3) is 0 Å². The van der Waals surface area contributed by atoms with Crippen LogP contribution in [-0.2, 0) is 21.5 Å². The minimum Gasteiger partial charge on any atom is -0.493 e. The van der Waals surface area contributed by atoms with Crippen molar-refractivity contribution in [2.75, 3.05) is 31.1 Å². The van der Waals surface area contributed by atoms with Gasteiger partial charge in [-0.1, -0.05) is 6.58 Å². The fourth-order valence-corrected chi connectivity index (χ4v) is 3.99. The number of benzene rings is 1. The first kappa shape index (κ1) is 20.8. The van der Waals surface area contributed by atoms with Gasteiger partial charge in [-0.25, -0.2) is 13.8 Å². The summed E-state index contributed by atoms with van der Waals surface area (Å²) in [5.74, 6) is -2.79. The van der Waals surface area contributed by atoms with Crippen molar-refractivity contribution in [1.82, 2.24) is 4.98 Å². The summed E-state index contributed by atoms with van der Waals surface area (Å²) in [6.07, 6.45) is 3.76. The van der Waals surface area contributed by atoms with Crippen LogP contribution in [0, 0.1) is 11.6 Å². The zero-order chi connectivity index (χ0) is 22.5. The van der Waals surface area contributed by atoms with Crippen molar-refractivity contribution in [3.63, 3.8) is 0 Å². The number of nitrogens with zero attached hydrogens (tertiary/aromatic N) is 3. The molecule has 2 amide bonds. The van der Waals surface area contributed by atoms with E-state index in [1.165, 1.54) is 31.4 Å². The number of carbonyl (C=O) groups excluding carboxylic acids is 2. The van der Waals surface area contributed by atoms with Crippen LogP contribution in [0.4, 0.5) is 20.3 Å². The number of hydrogen-bond donors (Lipinski definition) is 0. The molecule has 7 nitrogen and oxygen atoms in total. The number of anilines is 2. The van der Waals surface area contributed by atoms with E-state index in [-0.39, 0.29) is 24.0 Å². The Morgan fingerprint density at radius 1 is 1.23 bits per heavy atom. The van der Waals surface area contributed by atoms with Gasteiger partial charge < -0.3 is 14.4 Å². The third-order valence-corrected chi connectivity index (χ3v) is 5.89. The predicted octanol–water partition coefficient (Wildman–Crippen LogP) is 3.10. The van der Waals surface area contributed by atoms with Gasteiger partial charge in [0.15, 0.2) is 23.1 Å². The lowest BCUT2D eigenvalue weighted by Crippen LogP contribution is -2.45. The van der Waals surface area contributed by atoms with Crippen molar-refractivity contribution >= 4 is 23.3 Å². The summed E-state index contributed by atoms with van der Waals surface area (Å²) < 4.78 is 40.1. The Kier molecular flexibility index (Phi) is 4.91. The smallest absolute Gasteiger partial charge is 0.251 e. The number of hydrogen-bond acceptors (Lipinski definition) is 5. The first-order valence-electron chi connectivity index (χ1n) is 9.60. The van der Waals surface area contributed by atoms with E-state index >= 15 is 8.78 Å². The first-order valence-corrected chi connectivity index (χ1v) is 9.60. The molecule has 162 valence electrons. The topological polar surface area (TPSA) is 72.0 Å². The number of halogens is 2. The second kappa shape index (κ2) is 7.33. The van der Waals surface area contributed by atoms with Gasteiger partial charge in [0.25, 0.3) is 5.91 Å². The van der Waals surface area contributed by atoms with Gasteiger partial charge in [-0.2, -0.15) is 0 Å². The number of fused-ring (bicyclic) bond motifs is 2. The van der Waals surface area contributed by atoms with E-state index in [1.807, 2.05) is 0 Å². The second-order valence-corrected chi connectivity index (χ2v) is 7.53. The molecule has 1 fully saturated rings. The Bertz CT molecular complexity index is 1090. The van der Waals surface area contributed by atoms with Gasteiger partial charge >= 0.3 is 0 Å². The van der Waals surface area contributed by atoms with Crippen molar-refractivity contribution in [2.24, 2.45) is 0 Å². The SMILES string of the molecule is C=CC(=O)N(C)c1cc2c(cn1)CN(c1c(F)c(OC)cc(OC)c1F)C(=O)C21CC1. The molecule has 1 spiro atoms. The number of ether oxygens (including phenoxy) is 2. The van der Waals surface area contributed by atoms with Crippen LogP contribution in [0.5, 0.6) is 11.5 Å². The highest BCUT2D eigenvalue weighted by Crippen LogP contribution is 2.55. The van der Waals surface area contributed by atoms with E-state index in [0.717, 1.165) is 16.5 Å².